The van der Waals surface area contributed by atoms with Gasteiger partial charge in [-0.1, -0.05) is 18.2 Å². The van der Waals surface area contributed by atoms with Gasteiger partial charge in [0.25, 0.3) is 5.91 Å². The molecule has 0 fully saturated rings. The van der Waals surface area contributed by atoms with Crippen LogP contribution in [0.3, 0.4) is 0 Å². The van der Waals surface area contributed by atoms with Crippen LogP contribution in [0.5, 0.6) is 0 Å². The van der Waals surface area contributed by atoms with E-state index in [0.29, 0.717) is 5.56 Å². The molecular weight excluding hydrogens is 256 g/mol. The topological polar surface area (TPSA) is 52.9 Å². The highest BCUT2D eigenvalue weighted by molar-refractivity contribution is 8.03. The second-order valence-corrected chi connectivity index (χ2v) is 4.84. The van der Waals surface area contributed by atoms with Crippen LogP contribution in [0.1, 0.15) is 15.9 Å². The van der Waals surface area contributed by atoms with Crippen LogP contribution in [0.2, 0.25) is 0 Å². The lowest BCUT2D eigenvalue weighted by Crippen LogP contribution is -2.13. The third-order valence-electron chi connectivity index (χ3n) is 2.67. The van der Waals surface area contributed by atoms with Crippen molar-refractivity contribution in [1.29, 1.82) is 5.26 Å². The van der Waals surface area contributed by atoms with Crippen LogP contribution >= 0.6 is 11.8 Å². The first-order chi connectivity index (χ1) is 9.20. The zero-order valence-electron chi connectivity index (χ0n) is 10.4. The molecule has 0 unspecified atom stereocenters. The van der Waals surface area contributed by atoms with Gasteiger partial charge in [-0.3, -0.25) is 4.79 Å². The van der Waals surface area contributed by atoms with Gasteiger partial charge in [0.05, 0.1) is 0 Å². The standard InChI is InChI=1S/C15H12N2OS/c1-11-4-2-3-5-14(11)15(18)17-12-6-8-13(9-7-12)19-10-16/h2-9H,1H3,(H,17,18). The number of hydrogen-bond donors (Lipinski definition) is 1. The Morgan fingerprint density at radius 3 is 2.47 bits per heavy atom. The Kier molecular flexibility index (Phi) is 4.22. The number of rotatable bonds is 3. The van der Waals surface area contributed by atoms with Crippen LogP contribution in [0.4, 0.5) is 5.69 Å². The number of amides is 1. The van der Waals surface area contributed by atoms with E-state index in [4.69, 9.17) is 5.26 Å². The summed E-state index contributed by atoms with van der Waals surface area (Å²) in [6, 6.07) is 14.6. The van der Waals surface area contributed by atoms with Gasteiger partial charge in [0, 0.05) is 16.1 Å². The van der Waals surface area contributed by atoms with Gasteiger partial charge in [0.1, 0.15) is 5.40 Å². The molecule has 0 spiro atoms. The van der Waals surface area contributed by atoms with Crippen molar-refractivity contribution < 1.29 is 4.79 Å². The highest BCUT2D eigenvalue weighted by Crippen LogP contribution is 2.19. The van der Waals surface area contributed by atoms with Gasteiger partial charge in [0.15, 0.2) is 0 Å². The highest BCUT2D eigenvalue weighted by Gasteiger charge is 2.08. The van der Waals surface area contributed by atoms with Crippen molar-refractivity contribution in [3.05, 3.63) is 59.7 Å². The van der Waals surface area contributed by atoms with E-state index in [0.717, 1.165) is 27.9 Å². The maximum Gasteiger partial charge on any atom is 0.255 e. The maximum atomic E-state index is 12.1. The third kappa shape index (κ3) is 3.36. The summed E-state index contributed by atoms with van der Waals surface area (Å²) in [5.74, 6) is -0.126. The van der Waals surface area contributed by atoms with Crippen LogP contribution in [0.15, 0.2) is 53.4 Å². The molecule has 3 nitrogen and oxygen atoms in total. The molecule has 0 aliphatic rings. The number of anilines is 1. The first kappa shape index (κ1) is 13.2. The fourth-order valence-corrected chi connectivity index (χ4v) is 2.06. The van der Waals surface area contributed by atoms with Crippen LogP contribution in [-0.4, -0.2) is 5.91 Å². The number of hydrogen-bond acceptors (Lipinski definition) is 3. The first-order valence-electron chi connectivity index (χ1n) is 5.73. The van der Waals surface area contributed by atoms with E-state index in [2.05, 4.69) is 5.32 Å². The Morgan fingerprint density at radius 2 is 1.84 bits per heavy atom. The van der Waals surface area contributed by atoms with Crippen LogP contribution < -0.4 is 5.32 Å². The Morgan fingerprint density at radius 1 is 1.16 bits per heavy atom. The molecule has 2 aromatic rings. The number of carbonyl (C=O) groups is 1. The summed E-state index contributed by atoms with van der Waals surface area (Å²) < 4.78 is 0. The van der Waals surface area contributed by atoms with Crippen LogP contribution in [0, 0.1) is 17.6 Å². The molecule has 1 N–H and O–H groups in total. The average molecular weight is 268 g/mol. The molecule has 0 radical (unpaired) electrons. The lowest BCUT2D eigenvalue weighted by Gasteiger charge is -2.07. The molecule has 0 aromatic heterocycles. The SMILES string of the molecule is Cc1ccccc1C(=O)Nc1ccc(SC#N)cc1. The molecule has 0 bridgehead atoms. The van der Waals surface area contributed by atoms with E-state index in [1.807, 2.05) is 30.5 Å². The van der Waals surface area contributed by atoms with Gasteiger partial charge in [-0.05, 0) is 54.6 Å². The molecular formula is C15H12N2OS. The Hall–Kier alpha value is -2.25. The molecule has 0 heterocycles. The molecule has 0 aliphatic carbocycles. The Bertz CT molecular complexity index is 629. The van der Waals surface area contributed by atoms with Crippen molar-refractivity contribution >= 4 is 23.4 Å². The normalized spacial score (nSPS) is 9.68. The van der Waals surface area contributed by atoms with E-state index < -0.39 is 0 Å². The van der Waals surface area contributed by atoms with E-state index in [9.17, 15) is 4.79 Å². The zero-order chi connectivity index (χ0) is 13.7. The minimum Gasteiger partial charge on any atom is -0.322 e. The highest BCUT2D eigenvalue weighted by atomic mass is 32.2. The molecule has 19 heavy (non-hydrogen) atoms. The lowest BCUT2D eigenvalue weighted by atomic mass is 10.1. The number of thioether (sulfide) groups is 1. The van der Waals surface area contributed by atoms with Gasteiger partial charge in [-0.2, -0.15) is 5.26 Å². The minimum atomic E-state index is -0.126. The summed E-state index contributed by atoms with van der Waals surface area (Å²) in [6.07, 6.45) is 0. The molecule has 1 amide bonds. The largest absolute Gasteiger partial charge is 0.322 e. The van der Waals surface area contributed by atoms with Crippen molar-refractivity contribution in [2.75, 3.05) is 5.32 Å². The number of carbonyl (C=O) groups excluding carboxylic acids is 1. The van der Waals surface area contributed by atoms with Crippen molar-refractivity contribution in [1.82, 2.24) is 0 Å². The molecule has 94 valence electrons. The summed E-state index contributed by atoms with van der Waals surface area (Å²) in [5, 5.41) is 13.4. The molecule has 0 saturated carbocycles. The smallest absolute Gasteiger partial charge is 0.255 e. The summed E-state index contributed by atoms with van der Waals surface area (Å²) >= 11 is 1.09. The minimum absolute atomic E-state index is 0.126. The van der Waals surface area contributed by atoms with E-state index in [-0.39, 0.29) is 5.91 Å². The van der Waals surface area contributed by atoms with Gasteiger partial charge < -0.3 is 5.32 Å². The fraction of sp³-hybridized carbons (Fsp3) is 0.0667. The first-order valence-corrected chi connectivity index (χ1v) is 6.55. The second-order valence-electron chi connectivity index (χ2n) is 3.99. The van der Waals surface area contributed by atoms with Crippen molar-refractivity contribution in [3.63, 3.8) is 0 Å². The van der Waals surface area contributed by atoms with Gasteiger partial charge in [-0.25, -0.2) is 0 Å². The van der Waals surface area contributed by atoms with Crippen molar-refractivity contribution in [2.24, 2.45) is 0 Å². The Balaban J connectivity index is 2.11. The van der Waals surface area contributed by atoms with Crippen molar-refractivity contribution in [2.45, 2.75) is 11.8 Å². The quantitative estimate of drug-likeness (QED) is 0.680. The molecule has 2 aromatic carbocycles. The molecule has 2 rings (SSSR count). The lowest BCUT2D eigenvalue weighted by molar-refractivity contribution is 0.102. The van der Waals surface area contributed by atoms with E-state index >= 15 is 0 Å². The van der Waals surface area contributed by atoms with Gasteiger partial charge in [-0.15, -0.1) is 0 Å². The number of nitriles is 1. The molecule has 4 heteroatoms. The van der Waals surface area contributed by atoms with Crippen LogP contribution in [0.25, 0.3) is 0 Å². The zero-order valence-corrected chi connectivity index (χ0v) is 11.2. The molecule has 0 aliphatic heterocycles. The summed E-state index contributed by atoms with van der Waals surface area (Å²) in [6.45, 7) is 1.90. The number of nitrogens with one attached hydrogen (secondary N) is 1. The van der Waals surface area contributed by atoms with Crippen LogP contribution in [-0.2, 0) is 0 Å². The van der Waals surface area contributed by atoms with E-state index in [1.165, 1.54) is 0 Å². The average Bonchev–Trinajstić information content (AvgIpc) is 2.42. The van der Waals surface area contributed by atoms with Gasteiger partial charge in [0.2, 0.25) is 0 Å². The third-order valence-corrected chi connectivity index (χ3v) is 3.26. The Labute approximate surface area is 116 Å². The predicted octanol–water partition coefficient (Wildman–Crippen LogP) is 3.82. The van der Waals surface area contributed by atoms with E-state index in [1.54, 1.807) is 30.3 Å². The number of aryl methyl sites for hydroxylation is 1. The second kappa shape index (κ2) is 6.07. The number of thiocyanates is 1. The fourth-order valence-electron chi connectivity index (χ4n) is 1.69. The monoisotopic (exact) mass is 268 g/mol. The number of nitrogens with zero attached hydrogens (tertiary/aromatic N) is 1. The number of benzene rings is 2. The van der Waals surface area contributed by atoms with Crippen molar-refractivity contribution in [3.8, 4) is 5.40 Å². The maximum absolute atomic E-state index is 12.1. The molecule has 0 saturated heterocycles. The summed E-state index contributed by atoms with van der Waals surface area (Å²) in [5.41, 5.74) is 2.32. The molecule has 0 atom stereocenters. The summed E-state index contributed by atoms with van der Waals surface area (Å²) in [4.78, 5) is 12.9. The summed E-state index contributed by atoms with van der Waals surface area (Å²) in [7, 11) is 0. The van der Waals surface area contributed by atoms with Gasteiger partial charge >= 0.3 is 0 Å². The predicted molar refractivity (Wildman–Crippen MR) is 77.0 cm³/mol.